The number of carbonyl (C=O) groups is 2. The van der Waals surface area contributed by atoms with Crippen LogP contribution in [-0.4, -0.2) is 40.3 Å². The van der Waals surface area contributed by atoms with Gasteiger partial charge in [-0.3, -0.25) is 9.59 Å². The molecule has 1 aromatic carbocycles. The Bertz CT molecular complexity index is 770. The van der Waals surface area contributed by atoms with E-state index in [2.05, 4.69) is 10.3 Å². The number of aromatic nitrogens is 1. The number of carbonyl (C=O) groups excluding carboxylic acids is 2. The Balaban J connectivity index is 1.63. The zero-order valence-corrected chi connectivity index (χ0v) is 11.9. The van der Waals surface area contributed by atoms with Gasteiger partial charge in [0.1, 0.15) is 17.9 Å². The SMILES string of the molecule is O=C1N[C@@H](Cc2c[nH]c3c(F)cccc23)C(=O)N2CCC[C@@H]12. The molecule has 2 amide bonds. The smallest absolute Gasteiger partial charge is 0.246 e. The van der Waals surface area contributed by atoms with Gasteiger partial charge in [-0.25, -0.2) is 4.39 Å². The van der Waals surface area contributed by atoms with Crippen LogP contribution in [0.25, 0.3) is 10.9 Å². The Hall–Kier alpha value is -2.37. The Labute approximate surface area is 126 Å². The Morgan fingerprint density at radius 1 is 1.32 bits per heavy atom. The first-order chi connectivity index (χ1) is 10.6. The normalized spacial score (nSPS) is 24.7. The van der Waals surface area contributed by atoms with Crippen molar-refractivity contribution < 1.29 is 14.0 Å². The average molecular weight is 301 g/mol. The lowest BCUT2D eigenvalue weighted by Gasteiger charge is -2.34. The number of hydrogen-bond donors (Lipinski definition) is 2. The van der Waals surface area contributed by atoms with Gasteiger partial charge in [0.25, 0.3) is 0 Å². The molecule has 2 N–H and O–H groups in total. The highest BCUT2D eigenvalue weighted by molar-refractivity contribution is 5.98. The molecular weight excluding hydrogens is 285 g/mol. The van der Waals surface area contributed by atoms with Gasteiger partial charge in [-0.15, -0.1) is 0 Å². The lowest BCUT2D eigenvalue weighted by molar-refractivity contribution is -0.146. The molecule has 0 spiro atoms. The fraction of sp³-hybridized carbons (Fsp3) is 0.375. The summed E-state index contributed by atoms with van der Waals surface area (Å²) in [6, 6.07) is 3.99. The van der Waals surface area contributed by atoms with Crippen LogP contribution in [-0.2, 0) is 16.0 Å². The molecule has 0 bridgehead atoms. The molecule has 22 heavy (non-hydrogen) atoms. The minimum atomic E-state index is -0.566. The van der Waals surface area contributed by atoms with E-state index in [0.717, 1.165) is 23.8 Å². The van der Waals surface area contributed by atoms with Gasteiger partial charge >= 0.3 is 0 Å². The predicted molar refractivity (Wildman–Crippen MR) is 78.6 cm³/mol. The van der Waals surface area contributed by atoms with Crippen LogP contribution in [0.3, 0.4) is 0 Å². The van der Waals surface area contributed by atoms with Crippen LogP contribution in [0.5, 0.6) is 0 Å². The summed E-state index contributed by atoms with van der Waals surface area (Å²) in [6.45, 7) is 0.649. The number of aromatic amines is 1. The van der Waals surface area contributed by atoms with E-state index in [0.29, 0.717) is 18.5 Å². The van der Waals surface area contributed by atoms with E-state index in [-0.39, 0.29) is 23.7 Å². The largest absolute Gasteiger partial charge is 0.359 e. The summed E-state index contributed by atoms with van der Waals surface area (Å²) in [5, 5.41) is 3.57. The maximum Gasteiger partial charge on any atom is 0.246 e. The fourth-order valence-electron chi connectivity index (χ4n) is 3.54. The van der Waals surface area contributed by atoms with Crippen LogP contribution in [0, 0.1) is 5.82 Å². The third-order valence-electron chi connectivity index (χ3n) is 4.63. The minimum absolute atomic E-state index is 0.0344. The highest BCUT2D eigenvalue weighted by Gasteiger charge is 2.42. The number of hydrogen-bond acceptors (Lipinski definition) is 2. The predicted octanol–water partition coefficient (Wildman–Crippen LogP) is 1.34. The number of H-pyrrole nitrogens is 1. The molecule has 2 atom stereocenters. The molecule has 1 aromatic heterocycles. The van der Waals surface area contributed by atoms with Gasteiger partial charge < -0.3 is 15.2 Å². The molecule has 2 aliphatic rings. The topological polar surface area (TPSA) is 65.2 Å². The molecule has 3 heterocycles. The number of benzene rings is 1. The Morgan fingerprint density at radius 2 is 2.18 bits per heavy atom. The van der Waals surface area contributed by atoms with Gasteiger partial charge in [0.2, 0.25) is 11.8 Å². The molecule has 0 saturated carbocycles. The van der Waals surface area contributed by atoms with Gasteiger partial charge in [-0.05, 0) is 24.5 Å². The van der Waals surface area contributed by atoms with Crippen LogP contribution >= 0.6 is 0 Å². The molecule has 0 radical (unpaired) electrons. The summed E-state index contributed by atoms with van der Waals surface area (Å²) in [6.07, 6.45) is 3.69. The van der Waals surface area contributed by atoms with E-state index in [4.69, 9.17) is 0 Å². The van der Waals surface area contributed by atoms with Crippen molar-refractivity contribution in [2.45, 2.75) is 31.3 Å². The van der Waals surface area contributed by atoms with Crippen LogP contribution in [0.1, 0.15) is 18.4 Å². The zero-order valence-electron chi connectivity index (χ0n) is 11.9. The summed E-state index contributed by atoms with van der Waals surface area (Å²) in [5.41, 5.74) is 1.27. The van der Waals surface area contributed by atoms with Gasteiger partial charge in [-0.1, -0.05) is 12.1 Å². The first-order valence-electron chi connectivity index (χ1n) is 7.50. The number of rotatable bonds is 2. The van der Waals surface area contributed by atoms with Gasteiger partial charge in [0, 0.05) is 24.5 Å². The average Bonchev–Trinajstić information content (AvgIpc) is 3.13. The van der Waals surface area contributed by atoms with Crippen molar-refractivity contribution in [2.75, 3.05) is 6.54 Å². The maximum atomic E-state index is 13.7. The molecule has 6 heteroatoms. The molecule has 2 aromatic rings. The van der Waals surface area contributed by atoms with Crippen molar-refractivity contribution in [3.05, 3.63) is 35.8 Å². The second-order valence-electron chi connectivity index (χ2n) is 5.93. The molecule has 4 rings (SSSR count). The Kier molecular flexibility index (Phi) is 2.92. The maximum absolute atomic E-state index is 13.7. The second-order valence-corrected chi connectivity index (χ2v) is 5.93. The number of amides is 2. The van der Waals surface area contributed by atoms with Crippen molar-refractivity contribution in [2.24, 2.45) is 0 Å². The first-order valence-corrected chi connectivity index (χ1v) is 7.50. The van der Waals surface area contributed by atoms with E-state index in [1.807, 2.05) is 6.07 Å². The summed E-state index contributed by atoms with van der Waals surface area (Å²) >= 11 is 0. The second kappa shape index (κ2) is 4.83. The van der Waals surface area contributed by atoms with E-state index < -0.39 is 6.04 Å². The third-order valence-corrected chi connectivity index (χ3v) is 4.63. The summed E-state index contributed by atoms with van der Waals surface area (Å²) in [4.78, 5) is 29.2. The molecule has 2 aliphatic heterocycles. The number of nitrogens with zero attached hydrogens (tertiary/aromatic N) is 1. The number of fused-ring (bicyclic) bond motifs is 2. The fourth-order valence-corrected chi connectivity index (χ4v) is 3.54. The highest BCUT2D eigenvalue weighted by Crippen LogP contribution is 2.26. The van der Waals surface area contributed by atoms with Crippen molar-refractivity contribution in [1.29, 1.82) is 0 Å². The van der Waals surface area contributed by atoms with E-state index in [9.17, 15) is 14.0 Å². The molecule has 0 aliphatic carbocycles. The van der Waals surface area contributed by atoms with Crippen LogP contribution in [0.15, 0.2) is 24.4 Å². The number of nitrogens with one attached hydrogen (secondary N) is 2. The highest BCUT2D eigenvalue weighted by atomic mass is 19.1. The number of para-hydroxylation sites is 1. The van der Waals surface area contributed by atoms with Gasteiger partial charge in [-0.2, -0.15) is 0 Å². The van der Waals surface area contributed by atoms with E-state index >= 15 is 0 Å². The van der Waals surface area contributed by atoms with Crippen molar-refractivity contribution >= 4 is 22.7 Å². The van der Waals surface area contributed by atoms with Gasteiger partial charge in [0.15, 0.2) is 0 Å². The van der Waals surface area contributed by atoms with E-state index in [1.54, 1.807) is 17.2 Å². The van der Waals surface area contributed by atoms with Crippen LogP contribution < -0.4 is 5.32 Å². The molecule has 0 unspecified atom stereocenters. The quantitative estimate of drug-likeness (QED) is 0.879. The summed E-state index contributed by atoms with van der Waals surface area (Å²) < 4.78 is 13.7. The molecule has 114 valence electrons. The Morgan fingerprint density at radius 3 is 3.05 bits per heavy atom. The minimum Gasteiger partial charge on any atom is -0.359 e. The van der Waals surface area contributed by atoms with Gasteiger partial charge in [0.05, 0.1) is 5.52 Å². The lowest BCUT2D eigenvalue weighted by Crippen LogP contribution is -2.61. The van der Waals surface area contributed by atoms with Crippen LogP contribution in [0.2, 0.25) is 0 Å². The summed E-state index contributed by atoms with van der Waals surface area (Å²) in [5.74, 6) is -0.427. The lowest BCUT2D eigenvalue weighted by atomic mass is 10.0. The standard InChI is InChI=1S/C16H16FN3O2/c17-11-4-1-3-10-9(8-18-14(10)11)7-12-16(22)20-6-2-5-13(20)15(21)19-12/h1,3-4,8,12-13,18H,2,5-7H2,(H,19,21)/t12-,13-/m0/s1. The molecule has 5 nitrogen and oxygen atoms in total. The molecule has 2 saturated heterocycles. The zero-order chi connectivity index (χ0) is 15.3. The monoisotopic (exact) mass is 301 g/mol. The number of halogens is 1. The van der Waals surface area contributed by atoms with Crippen molar-refractivity contribution in [3.8, 4) is 0 Å². The van der Waals surface area contributed by atoms with E-state index in [1.165, 1.54) is 6.07 Å². The third kappa shape index (κ3) is 1.90. The van der Waals surface area contributed by atoms with Crippen molar-refractivity contribution in [1.82, 2.24) is 15.2 Å². The first kappa shape index (κ1) is 13.3. The molecular formula is C16H16FN3O2. The van der Waals surface area contributed by atoms with Crippen molar-refractivity contribution in [3.63, 3.8) is 0 Å². The molecule has 2 fully saturated rings. The summed E-state index contributed by atoms with van der Waals surface area (Å²) in [7, 11) is 0. The van der Waals surface area contributed by atoms with Crippen LogP contribution in [0.4, 0.5) is 4.39 Å². The number of piperazine rings is 1.